The van der Waals surface area contributed by atoms with Crippen LogP contribution < -0.4 is 0 Å². The van der Waals surface area contributed by atoms with Gasteiger partial charge in [0.2, 0.25) is 0 Å². The van der Waals surface area contributed by atoms with Crippen LogP contribution >= 0.6 is 0 Å². The average Bonchev–Trinajstić information content (AvgIpc) is 1.96. The van der Waals surface area contributed by atoms with Crippen molar-refractivity contribution in [3.8, 4) is 0 Å². The van der Waals surface area contributed by atoms with Gasteiger partial charge in [-0.1, -0.05) is 36.4 Å². The topological polar surface area (TPSA) is 47.6 Å². The van der Waals surface area contributed by atoms with Gasteiger partial charge in [-0.2, -0.15) is 0 Å². The van der Waals surface area contributed by atoms with Gasteiger partial charge < -0.3 is 0 Å². The molecule has 0 bridgehead atoms. The van der Waals surface area contributed by atoms with Crippen LogP contribution in [0.5, 0.6) is 0 Å². The van der Waals surface area contributed by atoms with E-state index in [9.17, 15) is 0 Å². The molecule has 0 N–H and O–H groups in total. The lowest BCUT2D eigenvalue weighted by atomic mass is 10.4. The molecule has 0 aliphatic rings. The molecule has 0 aliphatic carbocycles. The van der Waals surface area contributed by atoms with Crippen LogP contribution in [0.25, 0.3) is 0 Å². The molecule has 0 atom stereocenters. The number of nitrogens with zero attached hydrogens (tertiary/aromatic N) is 2. The van der Waals surface area contributed by atoms with Crippen LogP contribution in [-0.2, 0) is 0 Å². The van der Waals surface area contributed by atoms with Gasteiger partial charge in [0.25, 0.3) is 0 Å². The molecular weight excluding hydrogens is 119 g/mol. The molecule has 0 fully saturated rings. The molecule has 0 unspecified atom stereocenters. The monoisotopic (exact) mass is 126 g/mol. The van der Waals surface area contributed by atoms with E-state index in [4.69, 9.17) is 10.8 Å². The number of benzene rings is 1. The van der Waals surface area contributed by atoms with E-state index in [1.54, 1.807) is 0 Å². The second kappa shape index (κ2) is 9.76. The third-order valence-electron chi connectivity index (χ3n) is 0.667. The van der Waals surface area contributed by atoms with E-state index in [1.807, 2.05) is 36.4 Å². The quantitative estimate of drug-likeness (QED) is 0.498. The molecular formula is C6H7FN2. The lowest BCUT2D eigenvalue weighted by molar-refractivity contribution is 1.11. The fourth-order valence-electron chi connectivity index (χ4n) is 0.385. The van der Waals surface area contributed by atoms with Crippen molar-refractivity contribution in [2.24, 2.45) is 0 Å². The minimum absolute atomic E-state index is 0. The van der Waals surface area contributed by atoms with Crippen LogP contribution in [0.3, 0.4) is 0 Å². The van der Waals surface area contributed by atoms with Crippen molar-refractivity contribution in [2.45, 2.75) is 0 Å². The normalized spacial score (nSPS) is 5.56. The van der Waals surface area contributed by atoms with Crippen LogP contribution in [-0.4, -0.2) is 0 Å². The minimum atomic E-state index is 0. The first kappa shape index (κ1) is 10.5. The van der Waals surface area contributed by atoms with E-state index in [2.05, 4.69) is 0 Å². The molecule has 0 saturated carbocycles. The van der Waals surface area contributed by atoms with Crippen molar-refractivity contribution in [3.05, 3.63) is 36.4 Å². The summed E-state index contributed by atoms with van der Waals surface area (Å²) in [4.78, 5) is 0. The number of halogens is 1. The lowest BCUT2D eigenvalue weighted by Crippen LogP contribution is -1.47. The highest BCUT2D eigenvalue weighted by atomic mass is 19.0. The smallest absolute Gasteiger partial charge is 0 e. The first-order valence-corrected chi connectivity index (χ1v) is 2.20. The molecule has 0 spiro atoms. The predicted molar refractivity (Wildman–Crippen MR) is 32.4 cm³/mol. The van der Waals surface area contributed by atoms with Gasteiger partial charge in [-0.25, -0.2) is 0 Å². The van der Waals surface area contributed by atoms with Crippen LogP contribution in [0.15, 0.2) is 36.4 Å². The predicted octanol–water partition coefficient (Wildman–Crippen LogP) is 1.87. The number of hydrogen-bond donors (Lipinski definition) is 0. The van der Waals surface area contributed by atoms with Crippen molar-refractivity contribution >= 4 is 0 Å². The van der Waals surface area contributed by atoms with E-state index in [0.29, 0.717) is 0 Å². The van der Waals surface area contributed by atoms with Gasteiger partial charge in [-0.15, -0.1) is 0 Å². The van der Waals surface area contributed by atoms with Crippen molar-refractivity contribution in [1.29, 1.82) is 10.8 Å². The maximum absolute atomic E-state index is 6.00. The fourth-order valence-corrected chi connectivity index (χ4v) is 0.385. The molecule has 3 heteroatoms. The highest BCUT2D eigenvalue weighted by molar-refractivity contribution is 4.99. The van der Waals surface area contributed by atoms with E-state index < -0.39 is 0 Å². The van der Waals surface area contributed by atoms with Gasteiger partial charge in [0, 0.05) is 10.8 Å². The maximum Gasteiger partial charge on any atom is 0 e. The molecule has 1 aromatic rings. The summed E-state index contributed by atoms with van der Waals surface area (Å²) in [5.74, 6) is 0. The molecule has 0 radical (unpaired) electrons. The molecule has 9 heavy (non-hydrogen) atoms. The Morgan fingerprint density at radius 2 is 0.667 bits per heavy atom. The summed E-state index contributed by atoms with van der Waals surface area (Å²) in [7, 11) is 0. The van der Waals surface area contributed by atoms with Crippen molar-refractivity contribution in [1.82, 2.24) is 0 Å². The van der Waals surface area contributed by atoms with Crippen molar-refractivity contribution in [3.63, 3.8) is 0 Å². The highest BCUT2D eigenvalue weighted by Crippen LogP contribution is 1.79. The molecule has 1 rings (SSSR count). The van der Waals surface area contributed by atoms with Crippen LogP contribution in [0.2, 0.25) is 0 Å². The Bertz CT molecular complexity index is 112. The molecule has 1 aromatic carbocycles. The van der Waals surface area contributed by atoms with Gasteiger partial charge in [0.1, 0.15) is 0 Å². The van der Waals surface area contributed by atoms with E-state index in [1.165, 1.54) is 0 Å². The molecule has 0 amide bonds. The SMILES string of the molecule is F.N#N.c1ccccc1. The molecule has 48 valence electrons. The Kier molecular flexibility index (Phi) is 11.4. The fraction of sp³-hybridized carbons (Fsp3) is 0. The zero-order valence-electron chi connectivity index (χ0n) is 4.77. The third kappa shape index (κ3) is 6.57. The summed E-state index contributed by atoms with van der Waals surface area (Å²) in [6.07, 6.45) is 0. The summed E-state index contributed by atoms with van der Waals surface area (Å²) < 4.78 is 0. The Hall–Kier alpha value is -1.43. The molecule has 0 heterocycles. The first-order valence-electron chi connectivity index (χ1n) is 2.20. The van der Waals surface area contributed by atoms with Gasteiger partial charge in [-0.3, -0.25) is 4.70 Å². The number of hydrogen-bond acceptors (Lipinski definition) is 2. The Balaban J connectivity index is 0. The Morgan fingerprint density at radius 1 is 0.556 bits per heavy atom. The third-order valence-corrected chi connectivity index (χ3v) is 0.667. The molecule has 2 nitrogen and oxygen atoms in total. The standard InChI is InChI=1S/C6H6.FH.N2/c1-2-4-6-5-3-1;;1-2/h1-6H;1H;. The van der Waals surface area contributed by atoms with Crippen LogP contribution in [0.4, 0.5) is 4.70 Å². The summed E-state index contributed by atoms with van der Waals surface area (Å²) in [5, 5.41) is 12.0. The van der Waals surface area contributed by atoms with Crippen molar-refractivity contribution in [2.75, 3.05) is 0 Å². The van der Waals surface area contributed by atoms with Gasteiger partial charge >= 0.3 is 0 Å². The maximum atomic E-state index is 6.00. The average molecular weight is 126 g/mol. The summed E-state index contributed by atoms with van der Waals surface area (Å²) >= 11 is 0. The molecule has 0 saturated heterocycles. The minimum Gasteiger partial charge on any atom is -0.269 e. The largest absolute Gasteiger partial charge is 0.269 e. The lowest BCUT2D eigenvalue weighted by Gasteiger charge is -1.69. The van der Waals surface area contributed by atoms with Crippen LogP contribution in [0.1, 0.15) is 0 Å². The summed E-state index contributed by atoms with van der Waals surface area (Å²) in [5.41, 5.74) is 0. The highest BCUT2D eigenvalue weighted by Gasteiger charge is 1.57. The van der Waals surface area contributed by atoms with Gasteiger partial charge in [0.05, 0.1) is 0 Å². The van der Waals surface area contributed by atoms with Gasteiger partial charge in [-0.05, 0) is 0 Å². The Morgan fingerprint density at radius 3 is 0.778 bits per heavy atom. The van der Waals surface area contributed by atoms with E-state index in [-0.39, 0.29) is 4.70 Å². The second-order valence-electron chi connectivity index (χ2n) is 1.15. The van der Waals surface area contributed by atoms with E-state index in [0.717, 1.165) is 0 Å². The summed E-state index contributed by atoms with van der Waals surface area (Å²) in [6, 6.07) is 12.0. The zero-order chi connectivity index (χ0) is 6.24. The number of rotatable bonds is 0. The molecule has 0 aliphatic heterocycles. The second-order valence-corrected chi connectivity index (χ2v) is 1.15. The summed E-state index contributed by atoms with van der Waals surface area (Å²) in [6.45, 7) is 0. The van der Waals surface area contributed by atoms with Gasteiger partial charge in [0.15, 0.2) is 0 Å². The van der Waals surface area contributed by atoms with Crippen LogP contribution in [0, 0.1) is 10.8 Å². The Labute approximate surface area is 52.9 Å². The zero-order valence-corrected chi connectivity index (χ0v) is 4.77. The first-order chi connectivity index (χ1) is 4.00. The molecule has 0 aromatic heterocycles. The van der Waals surface area contributed by atoms with E-state index >= 15 is 0 Å². The van der Waals surface area contributed by atoms with Crippen molar-refractivity contribution < 1.29 is 4.70 Å².